The molecule has 0 aliphatic rings. The van der Waals surface area contributed by atoms with E-state index in [2.05, 4.69) is 15.4 Å². The number of nitrogens with zero attached hydrogens (tertiary/aromatic N) is 4. The van der Waals surface area contributed by atoms with Crippen LogP contribution in [0.4, 0.5) is 0 Å². The molecule has 3 heterocycles. The van der Waals surface area contributed by atoms with Crippen LogP contribution >= 0.6 is 0 Å². The first kappa shape index (κ1) is 17.9. The number of benzene rings is 1. The van der Waals surface area contributed by atoms with Crippen molar-refractivity contribution in [3.8, 4) is 11.3 Å². The fraction of sp³-hybridized carbons (Fsp3) is 0.182. The highest BCUT2D eigenvalue weighted by molar-refractivity contribution is 6.06. The standard InChI is InChI=1S/C22H21N5O/c1-15(2)27-21-19(14-25-27)18(12-20(26-21)16-8-4-3-5-9-16)22(28)24-13-17-10-6-7-11-23-17/h3-12,14-15H,13H2,1-2H3,(H,24,28). The van der Waals surface area contributed by atoms with Crippen LogP contribution in [0.5, 0.6) is 0 Å². The average Bonchev–Trinajstić information content (AvgIpc) is 3.17. The van der Waals surface area contributed by atoms with E-state index in [0.29, 0.717) is 17.8 Å². The Morgan fingerprint density at radius 3 is 2.61 bits per heavy atom. The van der Waals surface area contributed by atoms with Crippen molar-refractivity contribution in [2.24, 2.45) is 0 Å². The van der Waals surface area contributed by atoms with E-state index in [4.69, 9.17) is 4.98 Å². The fourth-order valence-corrected chi connectivity index (χ4v) is 3.11. The van der Waals surface area contributed by atoms with Gasteiger partial charge in [-0.3, -0.25) is 9.78 Å². The first-order valence-electron chi connectivity index (χ1n) is 9.25. The van der Waals surface area contributed by atoms with Gasteiger partial charge in [-0.15, -0.1) is 0 Å². The van der Waals surface area contributed by atoms with E-state index >= 15 is 0 Å². The number of rotatable bonds is 5. The predicted molar refractivity (Wildman–Crippen MR) is 109 cm³/mol. The molecule has 0 unspecified atom stereocenters. The topological polar surface area (TPSA) is 72.7 Å². The van der Waals surface area contributed by atoms with Crippen LogP contribution in [-0.4, -0.2) is 25.7 Å². The lowest BCUT2D eigenvalue weighted by Gasteiger charge is -2.11. The molecular weight excluding hydrogens is 350 g/mol. The normalized spacial score (nSPS) is 11.1. The van der Waals surface area contributed by atoms with Gasteiger partial charge in [0, 0.05) is 17.8 Å². The van der Waals surface area contributed by atoms with Gasteiger partial charge in [-0.25, -0.2) is 9.67 Å². The number of amides is 1. The molecule has 140 valence electrons. The van der Waals surface area contributed by atoms with Gasteiger partial charge in [-0.2, -0.15) is 5.10 Å². The van der Waals surface area contributed by atoms with Crippen molar-refractivity contribution >= 4 is 16.9 Å². The third-order valence-electron chi connectivity index (χ3n) is 4.53. The number of carbonyl (C=O) groups excluding carboxylic acids is 1. The monoisotopic (exact) mass is 371 g/mol. The number of aromatic nitrogens is 4. The molecule has 1 N–H and O–H groups in total. The lowest BCUT2D eigenvalue weighted by atomic mass is 10.1. The lowest BCUT2D eigenvalue weighted by Crippen LogP contribution is -2.23. The van der Waals surface area contributed by atoms with Gasteiger partial charge in [0.1, 0.15) is 0 Å². The summed E-state index contributed by atoms with van der Waals surface area (Å²) < 4.78 is 1.84. The Labute approximate surface area is 163 Å². The molecule has 6 nitrogen and oxygen atoms in total. The Balaban J connectivity index is 1.76. The Morgan fingerprint density at radius 1 is 1.11 bits per heavy atom. The number of carbonyl (C=O) groups is 1. The molecule has 0 radical (unpaired) electrons. The highest BCUT2D eigenvalue weighted by Gasteiger charge is 2.18. The second kappa shape index (κ2) is 7.60. The molecule has 28 heavy (non-hydrogen) atoms. The lowest BCUT2D eigenvalue weighted by molar-refractivity contribution is 0.0952. The Hall–Kier alpha value is -3.54. The summed E-state index contributed by atoms with van der Waals surface area (Å²) >= 11 is 0. The molecule has 0 bridgehead atoms. The van der Waals surface area contributed by atoms with E-state index in [0.717, 1.165) is 22.3 Å². The minimum atomic E-state index is -0.168. The quantitative estimate of drug-likeness (QED) is 0.575. The zero-order valence-corrected chi connectivity index (χ0v) is 15.8. The summed E-state index contributed by atoms with van der Waals surface area (Å²) in [4.78, 5) is 22.0. The van der Waals surface area contributed by atoms with Crippen molar-refractivity contribution in [2.45, 2.75) is 26.4 Å². The summed E-state index contributed by atoms with van der Waals surface area (Å²) in [6, 6.07) is 17.5. The maximum absolute atomic E-state index is 13.0. The van der Waals surface area contributed by atoms with E-state index in [-0.39, 0.29) is 11.9 Å². The number of hydrogen-bond donors (Lipinski definition) is 1. The summed E-state index contributed by atoms with van der Waals surface area (Å²) in [5.41, 5.74) is 3.78. The Morgan fingerprint density at radius 2 is 1.89 bits per heavy atom. The van der Waals surface area contributed by atoms with Crippen LogP contribution in [-0.2, 0) is 6.54 Å². The van der Waals surface area contributed by atoms with E-state index in [9.17, 15) is 4.79 Å². The van der Waals surface area contributed by atoms with Gasteiger partial charge in [0.05, 0.1) is 35.1 Å². The zero-order chi connectivity index (χ0) is 19.5. The Bertz CT molecular complexity index is 1100. The second-order valence-corrected chi connectivity index (χ2v) is 6.85. The molecular formula is C22H21N5O. The summed E-state index contributed by atoms with van der Waals surface area (Å²) in [6.07, 6.45) is 3.43. The average molecular weight is 371 g/mol. The maximum Gasteiger partial charge on any atom is 0.252 e. The number of fused-ring (bicyclic) bond motifs is 1. The van der Waals surface area contributed by atoms with Gasteiger partial charge in [0.25, 0.3) is 5.91 Å². The zero-order valence-electron chi connectivity index (χ0n) is 15.8. The molecule has 1 amide bonds. The first-order chi connectivity index (χ1) is 13.6. The van der Waals surface area contributed by atoms with Crippen molar-refractivity contribution in [3.63, 3.8) is 0 Å². The number of pyridine rings is 2. The Kier molecular flexibility index (Phi) is 4.85. The van der Waals surface area contributed by atoms with E-state index < -0.39 is 0 Å². The van der Waals surface area contributed by atoms with Crippen molar-refractivity contribution in [3.05, 3.63) is 78.2 Å². The van der Waals surface area contributed by atoms with Crippen molar-refractivity contribution < 1.29 is 4.79 Å². The van der Waals surface area contributed by atoms with Gasteiger partial charge in [0.15, 0.2) is 5.65 Å². The van der Waals surface area contributed by atoms with E-state index in [1.54, 1.807) is 12.4 Å². The highest BCUT2D eigenvalue weighted by atomic mass is 16.1. The molecule has 4 rings (SSSR count). The minimum absolute atomic E-state index is 0.139. The maximum atomic E-state index is 13.0. The molecule has 0 atom stereocenters. The molecule has 0 saturated carbocycles. The summed E-state index contributed by atoms with van der Waals surface area (Å²) in [5, 5.41) is 8.15. The van der Waals surface area contributed by atoms with Gasteiger partial charge < -0.3 is 5.32 Å². The molecule has 0 spiro atoms. The van der Waals surface area contributed by atoms with Crippen LogP contribution in [0.25, 0.3) is 22.3 Å². The molecule has 0 aliphatic carbocycles. The molecule has 4 aromatic rings. The molecule has 6 heteroatoms. The molecule has 0 fully saturated rings. The molecule has 0 saturated heterocycles. The molecule has 0 aliphatic heterocycles. The summed E-state index contributed by atoms with van der Waals surface area (Å²) in [7, 11) is 0. The van der Waals surface area contributed by atoms with Crippen molar-refractivity contribution in [1.82, 2.24) is 25.1 Å². The third-order valence-corrected chi connectivity index (χ3v) is 4.53. The summed E-state index contributed by atoms with van der Waals surface area (Å²) in [5.74, 6) is -0.168. The van der Waals surface area contributed by atoms with Crippen LogP contribution in [0, 0.1) is 0 Å². The third kappa shape index (κ3) is 3.49. The van der Waals surface area contributed by atoms with Crippen LogP contribution in [0.3, 0.4) is 0 Å². The van der Waals surface area contributed by atoms with Crippen LogP contribution in [0.2, 0.25) is 0 Å². The van der Waals surface area contributed by atoms with E-state index in [1.807, 2.05) is 73.1 Å². The van der Waals surface area contributed by atoms with Crippen LogP contribution in [0.1, 0.15) is 35.9 Å². The van der Waals surface area contributed by atoms with Gasteiger partial charge in [-0.05, 0) is 32.0 Å². The van der Waals surface area contributed by atoms with Crippen molar-refractivity contribution in [1.29, 1.82) is 0 Å². The number of nitrogens with one attached hydrogen (secondary N) is 1. The summed E-state index contributed by atoms with van der Waals surface area (Å²) in [6.45, 7) is 4.46. The van der Waals surface area contributed by atoms with Gasteiger partial charge in [0.2, 0.25) is 0 Å². The van der Waals surface area contributed by atoms with Gasteiger partial charge in [-0.1, -0.05) is 36.4 Å². The minimum Gasteiger partial charge on any atom is -0.346 e. The van der Waals surface area contributed by atoms with Crippen LogP contribution in [0.15, 0.2) is 67.0 Å². The van der Waals surface area contributed by atoms with Gasteiger partial charge >= 0.3 is 0 Å². The number of hydrogen-bond acceptors (Lipinski definition) is 4. The van der Waals surface area contributed by atoms with Crippen LogP contribution < -0.4 is 5.32 Å². The fourth-order valence-electron chi connectivity index (χ4n) is 3.11. The molecule has 3 aromatic heterocycles. The first-order valence-corrected chi connectivity index (χ1v) is 9.25. The predicted octanol–water partition coefficient (Wildman–Crippen LogP) is 4.00. The molecule has 1 aromatic carbocycles. The SMILES string of the molecule is CC(C)n1ncc2c(C(=O)NCc3ccccn3)cc(-c3ccccc3)nc21. The smallest absolute Gasteiger partial charge is 0.252 e. The van der Waals surface area contributed by atoms with E-state index in [1.165, 1.54) is 0 Å². The largest absolute Gasteiger partial charge is 0.346 e. The highest BCUT2D eigenvalue weighted by Crippen LogP contribution is 2.26. The van der Waals surface area contributed by atoms with Crippen molar-refractivity contribution in [2.75, 3.05) is 0 Å². The second-order valence-electron chi connectivity index (χ2n) is 6.85.